The molecular weight excluding hydrogens is 438 g/mol. The summed E-state index contributed by atoms with van der Waals surface area (Å²) in [5, 5.41) is 21.7. The first-order chi connectivity index (χ1) is 16.4. The van der Waals surface area contributed by atoms with Gasteiger partial charge in [-0.15, -0.1) is 0 Å². The Morgan fingerprint density at radius 2 is 1.85 bits per heavy atom. The molecule has 2 heterocycles. The number of aliphatic hydroxyl groups is 1. The topological polar surface area (TPSA) is 76.6 Å². The fourth-order valence-electron chi connectivity index (χ4n) is 6.29. The number of carboxylic acid groups (broad SMARTS) is 1. The number of nitrogens with one attached hydrogen (secondary N) is 1. The maximum absolute atomic E-state index is 14.8. The third-order valence-corrected chi connectivity index (χ3v) is 7.90. The van der Waals surface area contributed by atoms with E-state index in [1.807, 2.05) is 6.07 Å². The number of aromatic nitrogens is 1. The Kier molecular flexibility index (Phi) is 6.40. The second-order valence-electron chi connectivity index (χ2n) is 9.71. The van der Waals surface area contributed by atoms with Crippen LogP contribution in [-0.4, -0.2) is 44.9 Å². The van der Waals surface area contributed by atoms with Gasteiger partial charge >= 0.3 is 5.97 Å². The Labute approximate surface area is 197 Å². The van der Waals surface area contributed by atoms with E-state index in [-0.39, 0.29) is 35.4 Å². The van der Waals surface area contributed by atoms with Crippen molar-refractivity contribution in [2.45, 2.75) is 56.7 Å². The van der Waals surface area contributed by atoms with Crippen LogP contribution in [0.1, 0.15) is 55.6 Å². The monoisotopic (exact) mass is 468 g/mol. The lowest BCUT2D eigenvalue weighted by molar-refractivity contribution is -0.153. The number of carbonyl (C=O) groups is 1. The summed E-state index contributed by atoms with van der Waals surface area (Å²) >= 11 is 0. The highest BCUT2D eigenvalue weighted by Crippen LogP contribution is 2.42. The first kappa shape index (κ1) is 23.0. The van der Waals surface area contributed by atoms with E-state index in [2.05, 4.69) is 9.88 Å². The molecule has 5 unspecified atom stereocenters. The second kappa shape index (κ2) is 9.47. The summed E-state index contributed by atoms with van der Waals surface area (Å²) in [6.07, 6.45) is 5.52. The third-order valence-electron chi connectivity index (χ3n) is 7.90. The fourth-order valence-corrected chi connectivity index (χ4v) is 6.29. The van der Waals surface area contributed by atoms with Crippen molar-refractivity contribution in [3.05, 3.63) is 71.4 Å². The molecule has 1 saturated heterocycles. The van der Waals surface area contributed by atoms with Crippen molar-refractivity contribution >= 4 is 16.9 Å². The normalized spacial score (nSPS) is 25.1. The van der Waals surface area contributed by atoms with Gasteiger partial charge in [0.25, 0.3) is 0 Å². The first-order valence-electron chi connectivity index (χ1n) is 12.1. The van der Waals surface area contributed by atoms with Crippen LogP contribution in [0.15, 0.2) is 48.7 Å². The molecule has 5 atom stereocenters. The minimum atomic E-state index is -0.827. The van der Waals surface area contributed by atoms with E-state index >= 15 is 0 Å². The number of piperidine rings is 1. The van der Waals surface area contributed by atoms with E-state index < -0.39 is 12.2 Å². The first-order valence-corrected chi connectivity index (χ1v) is 12.1. The van der Waals surface area contributed by atoms with E-state index in [1.54, 1.807) is 24.4 Å². The van der Waals surface area contributed by atoms with Gasteiger partial charge in [0.1, 0.15) is 17.9 Å². The standard InChI is InChI=1S/C27H30F2N2O3/c28-17-10-8-16(9-11-17)20(21-15-30-23-6-3-5-22(29)26(21)23)14-25(32)31-13-12-19(27(33)34)18-4-1-2-7-24(18)31/h3,5-6,8-11,15,18-20,24-25,30,32H,1-2,4,7,12-14H2,(H,33,34). The average molecular weight is 469 g/mol. The molecule has 5 rings (SSSR count). The van der Waals surface area contributed by atoms with E-state index in [0.717, 1.165) is 36.8 Å². The highest BCUT2D eigenvalue weighted by Gasteiger charge is 2.44. The Morgan fingerprint density at radius 3 is 2.62 bits per heavy atom. The lowest BCUT2D eigenvalue weighted by Crippen LogP contribution is -2.56. The van der Waals surface area contributed by atoms with Crippen molar-refractivity contribution < 1.29 is 23.8 Å². The van der Waals surface area contributed by atoms with Gasteiger partial charge in [-0.1, -0.05) is 31.0 Å². The van der Waals surface area contributed by atoms with Gasteiger partial charge in [0.05, 0.1) is 5.92 Å². The van der Waals surface area contributed by atoms with Crippen LogP contribution in [0.3, 0.4) is 0 Å². The highest BCUT2D eigenvalue weighted by atomic mass is 19.1. The molecule has 2 aliphatic rings. The average Bonchev–Trinajstić information content (AvgIpc) is 3.27. The molecule has 1 aromatic heterocycles. The predicted molar refractivity (Wildman–Crippen MR) is 125 cm³/mol. The Balaban J connectivity index is 1.48. The van der Waals surface area contributed by atoms with Gasteiger partial charge in [0.2, 0.25) is 0 Å². The van der Waals surface area contributed by atoms with Crippen molar-refractivity contribution in [2.24, 2.45) is 11.8 Å². The molecule has 1 saturated carbocycles. The zero-order valence-corrected chi connectivity index (χ0v) is 19.0. The number of hydrogen-bond donors (Lipinski definition) is 3. The molecular formula is C27H30F2N2O3. The van der Waals surface area contributed by atoms with E-state index in [9.17, 15) is 23.8 Å². The Hall–Kier alpha value is -2.77. The van der Waals surface area contributed by atoms with E-state index in [1.165, 1.54) is 18.2 Å². The second-order valence-corrected chi connectivity index (χ2v) is 9.71. The van der Waals surface area contributed by atoms with Gasteiger partial charge in [0, 0.05) is 35.6 Å². The summed E-state index contributed by atoms with van der Waals surface area (Å²) in [5.74, 6) is -2.14. The van der Waals surface area contributed by atoms with Crippen LogP contribution in [0.25, 0.3) is 10.9 Å². The lowest BCUT2D eigenvalue weighted by Gasteiger charge is -2.49. The van der Waals surface area contributed by atoms with Gasteiger partial charge < -0.3 is 15.2 Å². The van der Waals surface area contributed by atoms with E-state index in [0.29, 0.717) is 30.3 Å². The minimum absolute atomic E-state index is 0.0205. The summed E-state index contributed by atoms with van der Waals surface area (Å²) in [5.41, 5.74) is 2.19. The summed E-state index contributed by atoms with van der Waals surface area (Å²) in [4.78, 5) is 17.0. The number of fused-ring (bicyclic) bond motifs is 2. The number of aromatic amines is 1. The van der Waals surface area contributed by atoms with Crippen molar-refractivity contribution in [1.82, 2.24) is 9.88 Å². The maximum Gasteiger partial charge on any atom is 0.306 e. The van der Waals surface area contributed by atoms with Gasteiger partial charge in [-0.05, 0) is 67.0 Å². The largest absolute Gasteiger partial charge is 0.481 e. The summed E-state index contributed by atoms with van der Waals surface area (Å²) in [6.45, 7) is 0.512. The lowest BCUT2D eigenvalue weighted by atomic mass is 9.71. The van der Waals surface area contributed by atoms with Crippen molar-refractivity contribution in [3.8, 4) is 0 Å². The molecule has 1 aliphatic heterocycles. The summed E-state index contributed by atoms with van der Waals surface area (Å²) in [7, 11) is 0. The molecule has 3 N–H and O–H groups in total. The highest BCUT2D eigenvalue weighted by molar-refractivity contribution is 5.84. The minimum Gasteiger partial charge on any atom is -0.481 e. The van der Waals surface area contributed by atoms with Crippen LogP contribution >= 0.6 is 0 Å². The summed E-state index contributed by atoms with van der Waals surface area (Å²) in [6, 6.07) is 11.0. The number of benzene rings is 2. The number of hydrogen-bond acceptors (Lipinski definition) is 3. The number of rotatable bonds is 6. The zero-order valence-electron chi connectivity index (χ0n) is 19.0. The molecule has 0 radical (unpaired) electrons. The van der Waals surface area contributed by atoms with Crippen LogP contribution < -0.4 is 0 Å². The molecule has 7 heteroatoms. The Morgan fingerprint density at radius 1 is 1.09 bits per heavy atom. The molecule has 3 aromatic rings. The van der Waals surface area contributed by atoms with E-state index in [4.69, 9.17) is 0 Å². The fraction of sp³-hybridized carbons (Fsp3) is 0.444. The van der Waals surface area contributed by atoms with Crippen LogP contribution in [0, 0.1) is 23.5 Å². The van der Waals surface area contributed by atoms with Crippen LogP contribution in [0.4, 0.5) is 8.78 Å². The number of aliphatic carboxylic acids is 1. The zero-order chi connectivity index (χ0) is 23.8. The maximum atomic E-state index is 14.8. The number of H-pyrrole nitrogens is 1. The molecule has 1 aliphatic carbocycles. The van der Waals surface area contributed by atoms with Gasteiger partial charge in [-0.25, -0.2) is 8.78 Å². The number of aliphatic hydroxyl groups excluding tert-OH is 1. The van der Waals surface area contributed by atoms with Crippen molar-refractivity contribution in [3.63, 3.8) is 0 Å². The third kappa shape index (κ3) is 4.23. The van der Waals surface area contributed by atoms with Gasteiger partial charge in [-0.2, -0.15) is 0 Å². The smallest absolute Gasteiger partial charge is 0.306 e. The van der Waals surface area contributed by atoms with Crippen LogP contribution in [-0.2, 0) is 4.79 Å². The SMILES string of the molecule is O=C(O)C1CCN(C(O)CC(c2ccc(F)cc2)c2c[nH]c3cccc(F)c23)C2CCCCC12. The van der Waals surface area contributed by atoms with Gasteiger partial charge in [-0.3, -0.25) is 9.69 Å². The number of carboxylic acids is 1. The number of nitrogens with zero attached hydrogens (tertiary/aromatic N) is 1. The van der Waals surface area contributed by atoms with Crippen molar-refractivity contribution in [2.75, 3.05) is 6.54 Å². The van der Waals surface area contributed by atoms with Gasteiger partial charge in [0.15, 0.2) is 0 Å². The van der Waals surface area contributed by atoms with Crippen molar-refractivity contribution in [1.29, 1.82) is 0 Å². The quantitative estimate of drug-likeness (QED) is 0.462. The molecule has 34 heavy (non-hydrogen) atoms. The molecule has 180 valence electrons. The number of halogens is 2. The molecule has 0 spiro atoms. The van der Waals surface area contributed by atoms with Crippen LogP contribution in [0.5, 0.6) is 0 Å². The molecule has 0 bridgehead atoms. The van der Waals surface area contributed by atoms with Crippen LogP contribution in [0.2, 0.25) is 0 Å². The summed E-state index contributed by atoms with van der Waals surface area (Å²) < 4.78 is 28.5. The molecule has 0 amide bonds. The molecule has 5 nitrogen and oxygen atoms in total. The molecule has 2 fully saturated rings. The Bertz CT molecular complexity index is 1160. The number of likely N-dealkylation sites (tertiary alicyclic amines) is 1. The molecule has 2 aromatic carbocycles. The predicted octanol–water partition coefficient (Wildman–Crippen LogP) is 5.25.